The van der Waals surface area contributed by atoms with Crippen molar-refractivity contribution in [3.63, 3.8) is 0 Å². The Morgan fingerprint density at radius 2 is 2.09 bits per heavy atom. The second-order valence-corrected chi connectivity index (χ2v) is 5.51. The second kappa shape index (κ2) is 5.61. The maximum Gasteiger partial charge on any atom is 0.257 e. The molecule has 0 aliphatic carbocycles. The van der Waals surface area contributed by atoms with E-state index in [0.29, 0.717) is 5.02 Å². The Labute approximate surface area is 133 Å². The number of amides is 1. The van der Waals surface area contributed by atoms with Crippen molar-refractivity contribution in [2.45, 2.75) is 13.8 Å². The van der Waals surface area contributed by atoms with E-state index in [1.807, 2.05) is 18.7 Å². The molecule has 1 unspecified atom stereocenters. The summed E-state index contributed by atoms with van der Waals surface area (Å²) in [6.45, 7) is 5.66. The number of carbonyl (C=O) groups excluding carboxylic acids is 2. The predicted molar refractivity (Wildman–Crippen MR) is 83.7 cm³/mol. The molecule has 1 N–H and O–H groups in total. The summed E-state index contributed by atoms with van der Waals surface area (Å²) in [6.07, 6.45) is 0. The highest BCUT2D eigenvalue weighted by atomic mass is 35.5. The number of Topliss-reactive ketones (excluding diaryl/α,β-unsaturated/α-hetero) is 1. The maximum absolute atomic E-state index is 12.8. The predicted octanol–water partition coefficient (Wildman–Crippen LogP) is 2.07. The zero-order chi connectivity index (χ0) is 15.9. The fourth-order valence-corrected chi connectivity index (χ4v) is 3.17. The van der Waals surface area contributed by atoms with E-state index in [1.165, 1.54) is 0 Å². The summed E-state index contributed by atoms with van der Waals surface area (Å²) in [5.41, 5.74) is 1.29. The van der Waals surface area contributed by atoms with E-state index in [2.05, 4.69) is 10.5 Å². The Morgan fingerprint density at radius 3 is 2.77 bits per heavy atom. The highest BCUT2D eigenvalue weighted by Gasteiger charge is 2.39. The molecule has 3 rings (SSSR count). The normalized spacial score (nSPS) is 19.6. The van der Waals surface area contributed by atoms with Gasteiger partial charge < -0.3 is 15.1 Å². The van der Waals surface area contributed by atoms with Crippen LogP contribution >= 0.6 is 11.6 Å². The van der Waals surface area contributed by atoms with Crippen LogP contribution in [0.4, 0.5) is 5.69 Å². The van der Waals surface area contributed by atoms with Gasteiger partial charge in [-0.25, -0.2) is 0 Å². The van der Waals surface area contributed by atoms with Crippen LogP contribution in [0, 0.1) is 5.92 Å². The van der Waals surface area contributed by atoms with Gasteiger partial charge in [-0.05, 0) is 26.0 Å². The number of benzene rings is 1. The number of halogens is 1. The van der Waals surface area contributed by atoms with Crippen LogP contribution in [0.3, 0.4) is 0 Å². The van der Waals surface area contributed by atoms with E-state index < -0.39 is 5.92 Å². The van der Waals surface area contributed by atoms with Crippen molar-refractivity contribution in [1.82, 2.24) is 5.32 Å². The quantitative estimate of drug-likeness (QED) is 0.925. The van der Waals surface area contributed by atoms with E-state index in [1.54, 1.807) is 12.1 Å². The highest BCUT2D eigenvalue weighted by Crippen LogP contribution is 2.35. The van der Waals surface area contributed by atoms with E-state index in [4.69, 9.17) is 16.4 Å². The van der Waals surface area contributed by atoms with Crippen molar-refractivity contribution in [2.24, 2.45) is 11.1 Å². The number of rotatable bonds is 3. The standard InChI is InChI=1S/C15H16ClN3O3/c1-3-19(4-2)10-6-5-8-11(12(10)16)13(20)9-7-22-18-14(9)17-15(8)21/h5-6,9H,3-4,7H2,1-2H3,(H,17,18,21). The topological polar surface area (TPSA) is 71.0 Å². The minimum atomic E-state index is -0.602. The van der Waals surface area contributed by atoms with Gasteiger partial charge in [0.05, 0.1) is 21.8 Å². The first-order valence-electron chi connectivity index (χ1n) is 7.21. The monoisotopic (exact) mass is 321 g/mol. The molecule has 0 bridgehead atoms. The number of carbonyl (C=O) groups is 2. The summed E-state index contributed by atoms with van der Waals surface area (Å²) in [5.74, 6) is -0.965. The third kappa shape index (κ3) is 2.14. The van der Waals surface area contributed by atoms with Gasteiger partial charge in [-0.2, -0.15) is 0 Å². The second-order valence-electron chi connectivity index (χ2n) is 5.14. The Hall–Kier alpha value is -2.08. The van der Waals surface area contributed by atoms with Gasteiger partial charge in [-0.3, -0.25) is 9.59 Å². The summed E-state index contributed by atoms with van der Waals surface area (Å²) in [6, 6.07) is 3.42. The first kappa shape index (κ1) is 14.8. The van der Waals surface area contributed by atoms with Gasteiger partial charge in [0.2, 0.25) is 0 Å². The molecule has 1 atom stereocenters. The zero-order valence-electron chi connectivity index (χ0n) is 12.4. The number of oxime groups is 1. The molecule has 1 aromatic carbocycles. The number of amidine groups is 1. The van der Waals surface area contributed by atoms with Crippen LogP contribution in [0.25, 0.3) is 0 Å². The lowest BCUT2D eigenvalue weighted by molar-refractivity contribution is 0.0881. The molecule has 7 heteroatoms. The molecular formula is C15H16ClN3O3. The van der Waals surface area contributed by atoms with Crippen molar-refractivity contribution in [2.75, 3.05) is 24.6 Å². The highest BCUT2D eigenvalue weighted by molar-refractivity contribution is 6.39. The number of nitrogens with one attached hydrogen (secondary N) is 1. The van der Waals surface area contributed by atoms with Crippen molar-refractivity contribution >= 4 is 34.8 Å². The van der Waals surface area contributed by atoms with Gasteiger partial charge in [-0.15, -0.1) is 0 Å². The Morgan fingerprint density at radius 1 is 1.36 bits per heavy atom. The third-order valence-corrected chi connectivity index (χ3v) is 4.39. The van der Waals surface area contributed by atoms with Crippen LogP contribution in [0.5, 0.6) is 0 Å². The first-order valence-corrected chi connectivity index (χ1v) is 7.59. The number of fused-ring (bicyclic) bond motifs is 2. The smallest absolute Gasteiger partial charge is 0.257 e. The lowest BCUT2D eigenvalue weighted by Crippen LogP contribution is -2.34. The average molecular weight is 322 g/mol. The molecule has 1 amide bonds. The van der Waals surface area contributed by atoms with Crippen molar-refractivity contribution in [1.29, 1.82) is 0 Å². The molecule has 6 nitrogen and oxygen atoms in total. The molecule has 2 aliphatic rings. The molecule has 1 aromatic rings. The van der Waals surface area contributed by atoms with Crippen LogP contribution < -0.4 is 10.2 Å². The minimum Gasteiger partial charge on any atom is -0.393 e. The molecule has 0 spiro atoms. The van der Waals surface area contributed by atoms with E-state index in [9.17, 15) is 9.59 Å². The summed E-state index contributed by atoms with van der Waals surface area (Å²) in [7, 11) is 0. The Kier molecular flexibility index (Phi) is 3.78. The lowest BCUT2D eigenvalue weighted by atomic mass is 9.95. The van der Waals surface area contributed by atoms with Gasteiger partial charge in [-0.1, -0.05) is 16.8 Å². The van der Waals surface area contributed by atoms with Gasteiger partial charge >= 0.3 is 0 Å². The molecule has 22 heavy (non-hydrogen) atoms. The average Bonchev–Trinajstić information content (AvgIpc) is 2.93. The molecule has 0 saturated heterocycles. The van der Waals surface area contributed by atoms with Crippen LogP contribution in [-0.2, 0) is 4.84 Å². The largest absolute Gasteiger partial charge is 0.393 e. The fraction of sp³-hybridized carbons (Fsp3) is 0.400. The number of ketones is 1. The number of anilines is 1. The molecule has 0 fully saturated rings. The number of nitrogens with zero attached hydrogens (tertiary/aromatic N) is 2. The summed E-state index contributed by atoms with van der Waals surface area (Å²) in [5, 5.41) is 6.67. The lowest BCUT2D eigenvalue weighted by Gasteiger charge is -2.24. The number of hydrogen-bond acceptors (Lipinski definition) is 5. The molecule has 2 aliphatic heterocycles. The molecule has 2 heterocycles. The van der Waals surface area contributed by atoms with Gasteiger partial charge in [0.1, 0.15) is 12.5 Å². The van der Waals surface area contributed by atoms with E-state index in [-0.39, 0.29) is 35.3 Å². The van der Waals surface area contributed by atoms with Crippen molar-refractivity contribution in [3.8, 4) is 0 Å². The van der Waals surface area contributed by atoms with Gasteiger partial charge in [0.15, 0.2) is 11.6 Å². The summed E-state index contributed by atoms with van der Waals surface area (Å²) in [4.78, 5) is 32.1. The Balaban J connectivity index is 2.17. The number of hydrogen-bond donors (Lipinski definition) is 1. The van der Waals surface area contributed by atoms with Crippen LogP contribution in [0.1, 0.15) is 34.6 Å². The molecular weight excluding hydrogens is 306 g/mol. The zero-order valence-corrected chi connectivity index (χ0v) is 13.1. The third-order valence-electron chi connectivity index (χ3n) is 4.01. The SMILES string of the molecule is CCN(CC)c1ccc2c(c1Cl)C(=O)C1CON=C1NC2=O. The van der Waals surface area contributed by atoms with Gasteiger partial charge in [0, 0.05) is 13.1 Å². The first-order chi connectivity index (χ1) is 10.6. The maximum atomic E-state index is 12.8. The molecule has 0 radical (unpaired) electrons. The molecule has 116 valence electrons. The fourth-order valence-electron chi connectivity index (χ4n) is 2.80. The summed E-state index contributed by atoms with van der Waals surface area (Å²) < 4.78 is 0. The minimum absolute atomic E-state index is 0.125. The van der Waals surface area contributed by atoms with Crippen LogP contribution in [0.15, 0.2) is 17.3 Å². The van der Waals surface area contributed by atoms with Crippen molar-refractivity contribution in [3.05, 3.63) is 28.3 Å². The van der Waals surface area contributed by atoms with Gasteiger partial charge in [0.25, 0.3) is 5.91 Å². The van der Waals surface area contributed by atoms with Crippen LogP contribution in [0.2, 0.25) is 5.02 Å². The van der Waals surface area contributed by atoms with Crippen LogP contribution in [-0.4, -0.2) is 37.2 Å². The Bertz CT molecular complexity index is 683. The van der Waals surface area contributed by atoms with Crippen molar-refractivity contribution < 1.29 is 14.4 Å². The van der Waals surface area contributed by atoms with E-state index >= 15 is 0 Å². The summed E-state index contributed by atoms with van der Waals surface area (Å²) >= 11 is 6.48. The molecule has 0 saturated carbocycles. The van der Waals surface area contributed by atoms with E-state index in [0.717, 1.165) is 18.8 Å². The molecule has 0 aromatic heterocycles.